The molecule has 0 heterocycles. The lowest BCUT2D eigenvalue weighted by Gasteiger charge is -2.35. The molecule has 106 valence electrons. The molecule has 1 rings (SSSR count). The normalized spacial score (nSPS) is 27.9. The molecule has 2 N–H and O–H groups in total. The van der Waals surface area contributed by atoms with Gasteiger partial charge in [0.1, 0.15) is 0 Å². The Bertz CT molecular complexity index is 278. The van der Waals surface area contributed by atoms with Crippen LogP contribution in [0.1, 0.15) is 53.4 Å². The zero-order valence-corrected chi connectivity index (χ0v) is 12.6. The molecule has 0 radical (unpaired) electrons. The smallest absolute Gasteiger partial charge is 0.225 e. The lowest BCUT2D eigenvalue weighted by molar-refractivity contribution is -0.138. The van der Waals surface area contributed by atoms with Crippen molar-refractivity contribution in [1.82, 2.24) is 4.90 Å². The Hall–Kier alpha value is -0.570. The Morgan fingerprint density at radius 3 is 2.33 bits per heavy atom. The fourth-order valence-electron chi connectivity index (χ4n) is 2.89. The van der Waals surface area contributed by atoms with Crippen molar-refractivity contribution in [3.8, 4) is 0 Å². The number of carbonyl (C=O) groups is 1. The van der Waals surface area contributed by atoms with Crippen LogP contribution in [0.3, 0.4) is 0 Å². The van der Waals surface area contributed by atoms with Crippen LogP contribution in [0.2, 0.25) is 0 Å². The summed E-state index contributed by atoms with van der Waals surface area (Å²) in [5.41, 5.74) is 6.02. The van der Waals surface area contributed by atoms with Crippen molar-refractivity contribution in [3.05, 3.63) is 0 Å². The minimum Gasteiger partial charge on any atom is -0.343 e. The second-order valence-electron chi connectivity index (χ2n) is 6.41. The van der Waals surface area contributed by atoms with E-state index < -0.39 is 0 Å². The van der Waals surface area contributed by atoms with Crippen LogP contribution in [0, 0.1) is 17.8 Å². The third-order valence-corrected chi connectivity index (χ3v) is 4.78. The quantitative estimate of drug-likeness (QED) is 0.838. The first kappa shape index (κ1) is 15.5. The van der Waals surface area contributed by atoms with E-state index in [1.807, 2.05) is 11.9 Å². The van der Waals surface area contributed by atoms with Crippen LogP contribution in [0.25, 0.3) is 0 Å². The summed E-state index contributed by atoms with van der Waals surface area (Å²) in [6.45, 7) is 8.53. The molecule has 18 heavy (non-hydrogen) atoms. The van der Waals surface area contributed by atoms with E-state index in [9.17, 15) is 4.79 Å². The van der Waals surface area contributed by atoms with Gasteiger partial charge in [-0.1, -0.05) is 27.2 Å². The Labute approximate surface area is 112 Å². The average Bonchev–Trinajstić information content (AvgIpc) is 2.35. The SMILES string of the molecule is CC(C)C(C)N(C)C(=O)C(C)C1CCCC(N)C1. The van der Waals surface area contributed by atoms with Crippen molar-refractivity contribution in [2.45, 2.75) is 65.5 Å². The van der Waals surface area contributed by atoms with Gasteiger partial charge >= 0.3 is 0 Å². The summed E-state index contributed by atoms with van der Waals surface area (Å²) in [6.07, 6.45) is 4.46. The van der Waals surface area contributed by atoms with E-state index in [-0.39, 0.29) is 11.8 Å². The Balaban J connectivity index is 2.59. The highest BCUT2D eigenvalue weighted by atomic mass is 16.2. The molecule has 3 heteroatoms. The molecule has 0 aromatic heterocycles. The van der Waals surface area contributed by atoms with Crippen molar-refractivity contribution >= 4 is 5.91 Å². The summed E-state index contributed by atoms with van der Waals surface area (Å²) in [7, 11) is 1.94. The van der Waals surface area contributed by atoms with Gasteiger partial charge in [-0.3, -0.25) is 4.79 Å². The van der Waals surface area contributed by atoms with E-state index in [1.54, 1.807) is 0 Å². The van der Waals surface area contributed by atoms with Gasteiger partial charge in [0, 0.05) is 25.0 Å². The maximum atomic E-state index is 12.5. The van der Waals surface area contributed by atoms with Gasteiger partial charge in [0.2, 0.25) is 5.91 Å². The molecule has 1 amide bonds. The molecule has 4 atom stereocenters. The van der Waals surface area contributed by atoms with E-state index in [0.717, 1.165) is 19.3 Å². The van der Waals surface area contributed by atoms with Gasteiger partial charge in [0.25, 0.3) is 0 Å². The van der Waals surface area contributed by atoms with Crippen molar-refractivity contribution in [2.24, 2.45) is 23.5 Å². The topological polar surface area (TPSA) is 46.3 Å². The number of hydrogen-bond donors (Lipinski definition) is 1. The zero-order chi connectivity index (χ0) is 13.9. The number of carbonyl (C=O) groups excluding carboxylic acids is 1. The van der Waals surface area contributed by atoms with Crippen LogP contribution >= 0.6 is 0 Å². The molecule has 1 fully saturated rings. The van der Waals surface area contributed by atoms with Gasteiger partial charge in [-0.25, -0.2) is 0 Å². The van der Waals surface area contributed by atoms with Crippen LogP contribution in [-0.4, -0.2) is 29.9 Å². The number of rotatable bonds is 4. The summed E-state index contributed by atoms with van der Waals surface area (Å²) < 4.78 is 0. The third kappa shape index (κ3) is 3.71. The van der Waals surface area contributed by atoms with Crippen LogP contribution in [0.15, 0.2) is 0 Å². The standard InChI is InChI=1S/C15H30N2O/c1-10(2)12(4)17(5)15(18)11(3)13-7-6-8-14(16)9-13/h10-14H,6-9,16H2,1-5H3. The lowest BCUT2D eigenvalue weighted by atomic mass is 9.78. The summed E-state index contributed by atoms with van der Waals surface area (Å²) in [6, 6.07) is 0.601. The molecule has 0 saturated heterocycles. The van der Waals surface area contributed by atoms with Crippen molar-refractivity contribution in [3.63, 3.8) is 0 Å². The minimum absolute atomic E-state index is 0.113. The molecule has 0 aliphatic heterocycles. The first-order valence-electron chi connectivity index (χ1n) is 7.36. The zero-order valence-electron chi connectivity index (χ0n) is 12.6. The molecular weight excluding hydrogens is 224 g/mol. The Morgan fingerprint density at radius 1 is 1.22 bits per heavy atom. The number of nitrogens with two attached hydrogens (primary N) is 1. The highest BCUT2D eigenvalue weighted by Crippen LogP contribution is 2.30. The highest BCUT2D eigenvalue weighted by Gasteiger charge is 2.31. The molecule has 0 spiro atoms. The van der Waals surface area contributed by atoms with Crippen molar-refractivity contribution in [2.75, 3.05) is 7.05 Å². The predicted octanol–water partition coefficient (Wildman–Crippen LogP) is 2.64. The fraction of sp³-hybridized carbons (Fsp3) is 0.933. The van der Waals surface area contributed by atoms with Gasteiger partial charge in [0.05, 0.1) is 0 Å². The highest BCUT2D eigenvalue weighted by molar-refractivity contribution is 5.78. The van der Waals surface area contributed by atoms with E-state index in [2.05, 4.69) is 27.7 Å². The van der Waals surface area contributed by atoms with Crippen LogP contribution in [0.5, 0.6) is 0 Å². The molecule has 4 unspecified atom stereocenters. The van der Waals surface area contributed by atoms with Gasteiger partial charge < -0.3 is 10.6 Å². The summed E-state index contributed by atoms with van der Waals surface area (Å²) in [5, 5.41) is 0. The third-order valence-electron chi connectivity index (χ3n) is 4.78. The van der Waals surface area contributed by atoms with Crippen LogP contribution < -0.4 is 5.73 Å². The second kappa shape index (κ2) is 6.55. The monoisotopic (exact) mass is 254 g/mol. The van der Waals surface area contributed by atoms with Gasteiger partial charge in [0.15, 0.2) is 0 Å². The second-order valence-corrected chi connectivity index (χ2v) is 6.41. The van der Waals surface area contributed by atoms with E-state index in [1.165, 1.54) is 6.42 Å². The largest absolute Gasteiger partial charge is 0.343 e. The number of nitrogens with zero attached hydrogens (tertiary/aromatic N) is 1. The Kier molecular flexibility index (Phi) is 5.64. The summed E-state index contributed by atoms with van der Waals surface area (Å²) >= 11 is 0. The first-order chi connectivity index (χ1) is 8.34. The average molecular weight is 254 g/mol. The van der Waals surface area contributed by atoms with Crippen LogP contribution in [0.4, 0.5) is 0 Å². The van der Waals surface area contributed by atoms with E-state index in [4.69, 9.17) is 5.73 Å². The predicted molar refractivity (Wildman–Crippen MR) is 76.2 cm³/mol. The maximum absolute atomic E-state index is 12.5. The summed E-state index contributed by atoms with van der Waals surface area (Å²) in [5.74, 6) is 1.38. The molecule has 1 saturated carbocycles. The van der Waals surface area contributed by atoms with Gasteiger partial charge in [-0.2, -0.15) is 0 Å². The van der Waals surface area contributed by atoms with E-state index >= 15 is 0 Å². The fourth-order valence-corrected chi connectivity index (χ4v) is 2.89. The van der Waals surface area contributed by atoms with Gasteiger partial charge in [-0.15, -0.1) is 0 Å². The lowest BCUT2D eigenvalue weighted by Crippen LogP contribution is -2.44. The van der Waals surface area contributed by atoms with E-state index in [0.29, 0.717) is 23.9 Å². The van der Waals surface area contributed by atoms with Crippen molar-refractivity contribution < 1.29 is 4.79 Å². The molecule has 0 aromatic carbocycles. The number of hydrogen-bond acceptors (Lipinski definition) is 2. The molecule has 0 aromatic rings. The summed E-state index contributed by atoms with van der Waals surface area (Å²) in [4.78, 5) is 14.4. The molecule has 3 nitrogen and oxygen atoms in total. The first-order valence-corrected chi connectivity index (χ1v) is 7.36. The minimum atomic E-state index is 0.113. The molecular formula is C15H30N2O. The Morgan fingerprint density at radius 2 is 1.83 bits per heavy atom. The number of amides is 1. The molecule has 1 aliphatic rings. The van der Waals surface area contributed by atoms with Crippen LogP contribution in [-0.2, 0) is 4.79 Å². The maximum Gasteiger partial charge on any atom is 0.225 e. The van der Waals surface area contributed by atoms with Crippen molar-refractivity contribution in [1.29, 1.82) is 0 Å². The van der Waals surface area contributed by atoms with Gasteiger partial charge in [-0.05, 0) is 38.0 Å². The molecule has 0 bridgehead atoms. The molecule has 1 aliphatic carbocycles.